The van der Waals surface area contributed by atoms with E-state index in [1.807, 2.05) is 0 Å². The van der Waals surface area contributed by atoms with Crippen LogP contribution in [0.2, 0.25) is 0 Å². The molecular formula is C19H21N5O3S. The summed E-state index contributed by atoms with van der Waals surface area (Å²) in [5.74, 6) is -0.115. The van der Waals surface area contributed by atoms with Gasteiger partial charge in [-0.1, -0.05) is 18.2 Å². The van der Waals surface area contributed by atoms with Crippen molar-refractivity contribution < 1.29 is 13.2 Å². The first-order valence-corrected chi connectivity index (χ1v) is 10.6. The Labute approximate surface area is 163 Å². The van der Waals surface area contributed by atoms with Crippen LogP contribution in [0.15, 0.2) is 53.7 Å². The molecule has 0 saturated carbocycles. The van der Waals surface area contributed by atoms with E-state index in [2.05, 4.69) is 14.8 Å². The maximum Gasteiger partial charge on any atom is 0.259 e. The Morgan fingerprint density at radius 2 is 1.86 bits per heavy atom. The molecule has 3 heterocycles. The number of hydrogen-bond donors (Lipinski definition) is 1. The zero-order valence-electron chi connectivity index (χ0n) is 15.4. The van der Waals surface area contributed by atoms with E-state index in [4.69, 9.17) is 0 Å². The minimum Gasteiger partial charge on any atom is -0.338 e. The predicted molar refractivity (Wildman–Crippen MR) is 103 cm³/mol. The Kier molecular flexibility index (Phi) is 4.86. The summed E-state index contributed by atoms with van der Waals surface area (Å²) < 4.78 is 29.3. The molecule has 1 aliphatic rings. The Balaban J connectivity index is 1.44. The van der Waals surface area contributed by atoms with E-state index in [1.165, 1.54) is 0 Å². The number of fused-ring (bicyclic) bond motifs is 1. The highest BCUT2D eigenvalue weighted by atomic mass is 32.2. The number of piperidine rings is 1. The van der Waals surface area contributed by atoms with Crippen LogP contribution < -0.4 is 4.72 Å². The number of likely N-dealkylation sites (tertiary alicyclic amines) is 1. The number of aromatic nitrogens is 3. The lowest BCUT2D eigenvalue weighted by atomic mass is 10.0. The summed E-state index contributed by atoms with van der Waals surface area (Å²) in [5.41, 5.74) is 1.68. The topological polar surface area (TPSA) is 96.7 Å². The molecule has 0 unspecified atom stereocenters. The molecule has 0 spiro atoms. The zero-order valence-corrected chi connectivity index (χ0v) is 16.3. The van der Waals surface area contributed by atoms with Gasteiger partial charge in [-0.25, -0.2) is 22.6 Å². The summed E-state index contributed by atoms with van der Waals surface area (Å²) in [6, 6.07) is 9.88. The molecule has 1 fully saturated rings. The van der Waals surface area contributed by atoms with E-state index in [0.29, 0.717) is 42.8 Å². The first kappa shape index (κ1) is 18.6. The molecule has 3 aromatic rings. The molecule has 0 bridgehead atoms. The molecule has 0 aliphatic carbocycles. The quantitative estimate of drug-likeness (QED) is 0.719. The van der Waals surface area contributed by atoms with E-state index >= 15 is 0 Å². The number of rotatable bonds is 4. The summed E-state index contributed by atoms with van der Waals surface area (Å²) in [4.78, 5) is 19.3. The van der Waals surface area contributed by atoms with Crippen LogP contribution >= 0.6 is 0 Å². The Bertz CT molecular complexity index is 1100. The van der Waals surface area contributed by atoms with E-state index < -0.39 is 10.0 Å². The lowest BCUT2D eigenvalue weighted by molar-refractivity contribution is 0.0712. The second-order valence-corrected chi connectivity index (χ2v) is 8.56. The second-order valence-electron chi connectivity index (χ2n) is 6.85. The summed E-state index contributed by atoms with van der Waals surface area (Å²) >= 11 is 0. The van der Waals surface area contributed by atoms with E-state index in [-0.39, 0.29) is 16.8 Å². The number of hydrogen-bond acceptors (Lipinski definition) is 5. The molecule has 8 nitrogen and oxygen atoms in total. The van der Waals surface area contributed by atoms with Crippen molar-refractivity contribution in [1.82, 2.24) is 24.2 Å². The van der Waals surface area contributed by atoms with Gasteiger partial charge in [-0.2, -0.15) is 5.10 Å². The first-order valence-electron chi connectivity index (χ1n) is 9.12. The standard InChI is InChI=1S/C19H21N5O3S/c1-14-17(18-20-10-5-11-24(18)21-14)19(25)23-12-8-15(9-13-23)22-28(26,27)16-6-3-2-4-7-16/h2-7,10-11,15,22H,8-9,12-13H2,1H3. The minimum atomic E-state index is -3.55. The maximum absolute atomic E-state index is 13.0. The highest BCUT2D eigenvalue weighted by molar-refractivity contribution is 7.89. The number of aryl methyl sites for hydroxylation is 1. The van der Waals surface area contributed by atoms with E-state index in [9.17, 15) is 13.2 Å². The summed E-state index contributed by atoms with van der Waals surface area (Å²) in [6.07, 6.45) is 4.52. The molecule has 2 aromatic heterocycles. The normalized spacial score (nSPS) is 15.8. The van der Waals surface area contributed by atoms with Crippen LogP contribution in [-0.4, -0.2) is 53.0 Å². The monoisotopic (exact) mass is 399 g/mol. The van der Waals surface area contributed by atoms with Gasteiger partial charge in [-0.15, -0.1) is 0 Å². The number of nitrogens with one attached hydrogen (secondary N) is 1. The lowest BCUT2D eigenvalue weighted by Crippen LogP contribution is -2.46. The van der Waals surface area contributed by atoms with Crippen molar-refractivity contribution in [1.29, 1.82) is 0 Å². The molecule has 28 heavy (non-hydrogen) atoms. The summed E-state index contributed by atoms with van der Waals surface area (Å²) in [6.45, 7) is 2.75. The van der Waals surface area contributed by atoms with Gasteiger partial charge >= 0.3 is 0 Å². The maximum atomic E-state index is 13.0. The SMILES string of the molecule is Cc1nn2cccnc2c1C(=O)N1CCC(NS(=O)(=O)c2ccccc2)CC1. The largest absolute Gasteiger partial charge is 0.338 e. The summed E-state index contributed by atoms with van der Waals surface area (Å²) in [5, 5.41) is 4.34. The zero-order chi connectivity index (χ0) is 19.7. The fourth-order valence-electron chi connectivity index (χ4n) is 3.49. The Hall–Kier alpha value is -2.78. The van der Waals surface area contributed by atoms with Gasteiger partial charge in [0.05, 0.1) is 10.6 Å². The number of carbonyl (C=O) groups excluding carboxylic acids is 1. The third-order valence-corrected chi connectivity index (χ3v) is 6.48. The molecular weight excluding hydrogens is 378 g/mol. The predicted octanol–water partition coefficient (Wildman–Crippen LogP) is 1.62. The van der Waals surface area contributed by atoms with Crippen molar-refractivity contribution in [2.75, 3.05) is 13.1 Å². The number of amides is 1. The molecule has 1 N–H and O–H groups in total. The highest BCUT2D eigenvalue weighted by Gasteiger charge is 2.29. The van der Waals surface area contributed by atoms with Crippen LogP contribution in [-0.2, 0) is 10.0 Å². The fraction of sp³-hybridized carbons (Fsp3) is 0.316. The van der Waals surface area contributed by atoms with E-state index in [1.54, 1.807) is 65.1 Å². The van der Waals surface area contributed by atoms with Gasteiger partial charge in [-0.05, 0) is 38.0 Å². The number of nitrogens with zero attached hydrogens (tertiary/aromatic N) is 4. The molecule has 4 rings (SSSR count). The van der Waals surface area contributed by atoms with Gasteiger partial charge in [0.15, 0.2) is 5.65 Å². The van der Waals surface area contributed by atoms with Crippen molar-refractivity contribution in [3.05, 3.63) is 60.0 Å². The average molecular weight is 399 g/mol. The van der Waals surface area contributed by atoms with Crippen molar-refractivity contribution in [3.8, 4) is 0 Å². The molecule has 9 heteroatoms. The number of benzene rings is 1. The van der Waals surface area contributed by atoms with Gasteiger partial charge in [0, 0.05) is 31.5 Å². The third-order valence-electron chi connectivity index (χ3n) is 4.94. The molecule has 1 aromatic carbocycles. The van der Waals surface area contributed by atoms with Crippen LogP contribution in [0.3, 0.4) is 0 Å². The van der Waals surface area contributed by atoms with Gasteiger partial charge in [0.2, 0.25) is 10.0 Å². The van der Waals surface area contributed by atoms with Gasteiger partial charge < -0.3 is 4.90 Å². The molecule has 0 atom stereocenters. The number of sulfonamides is 1. The van der Waals surface area contributed by atoms with Gasteiger partial charge in [0.1, 0.15) is 5.56 Å². The minimum absolute atomic E-state index is 0.115. The highest BCUT2D eigenvalue weighted by Crippen LogP contribution is 2.20. The molecule has 1 saturated heterocycles. The van der Waals surface area contributed by atoms with Crippen LogP contribution in [0.25, 0.3) is 5.65 Å². The summed E-state index contributed by atoms with van der Waals surface area (Å²) in [7, 11) is -3.55. The smallest absolute Gasteiger partial charge is 0.259 e. The Morgan fingerprint density at radius 1 is 1.14 bits per heavy atom. The third kappa shape index (κ3) is 3.50. The first-order chi connectivity index (χ1) is 13.5. The van der Waals surface area contributed by atoms with Crippen molar-refractivity contribution in [3.63, 3.8) is 0 Å². The number of carbonyl (C=O) groups is 1. The molecule has 1 aliphatic heterocycles. The second kappa shape index (κ2) is 7.33. The van der Waals surface area contributed by atoms with Crippen molar-refractivity contribution in [2.45, 2.75) is 30.7 Å². The average Bonchev–Trinajstić information content (AvgIpc) is 3.04. The van der Waals surface area contributed by atoms with Crippen LogP contribution in [0.4, 0.5) is 0 Å². The van der Waals surface area contributed by atoms with Gasteiger partial charge in [0.25, 0.3) is 5.91 Å². The molecule has 1 amide bonds. The lowest BCUT2D eigenvalue weighted by Gasteiger charge is -2.32. The van der Waals surface area contributed by atoms with E-state index in [0.717, 1.165) is 0 Å². The van der Waals surface area contributed by atoms with Crippen molar-refractivity contribution in [2.24, 2.45) is 0 Å². The van der Waals surface area contributed by atoms with Crippen LogP contribution in [0, 0.1) is 6.92 Å². The van der Waals surface area contributed by atoms with Crippen LogP contribution in [0.1, 0.15) is 28.9 Å². The van der Waals surface area contributed by atoms with Crippen molar-refractivity contribution >= 4 is 21.6 Å². The van der Waals surface area contributed by atoms with Gasteiger partial charge in [-0.3, -0.25) is 4.79 Å². The van der Waals surface area contributed by atoms with Crippen LogP contribution in [0.5, 0.6) is 0 Å². The molecule has 146 valence electrons. The molecule has 0 radical (unpaired) electrons. The Morgan fingerprint density at radius 3 is 2.57 bits per heavy atom. The fourth-order valence-corrected chi connectivity index (χ4v) is 4.82.